The molecule has 0 spiro atoms. The molecule has 3 aromatic rings. The van der Waals surface area contributed by atoms with Crippen LogP contribution in [0.25, 0.3) is 0 Å². The van der Waals surface area contributed by atoms with Gasteiger partial charge in [0, 0.05) is 41.0 Å². The van der Waals surface area contributed by atoms with Gasteiger partial charge in [-0.2, -0.15) is 0 Å². The quantitative estimate of drug-likeness (QED) is 0.717. The molecular formula is C18H16N2O4S. The molecule has 0 radical (unpaired) electrons. The van der Waals surface area contributed by atoms with Gasteiger partial charge in [0.2, 0.25) is 0 Å². The van der Waals surface area contributed by atoms with Gasteiger partial charge in [0.25, 0.3) is 11.1 Å². The standard InChI is InChI=1S/C18H16N2O4S/c1-22-15-9-13(10-16(11-15)23-2)20-17(21)12-3-5-14(6-4-12)24-18-19-7-8-25-18/h3-11H,1-2H3,(H,20,21). The molecule has 3 rings (SSSR count). The minimum absolute atomic E-state index is 0.240. The van der Waals surface area contributed by atoms with Crippen LogP contribution in [0.1, 0.15) is 10.4 Å². The second-order valence-electron chi connectivity index (χ2n) is 4.98. The minimum Gasteiger partial charge on any atom is -0.497 e. The van der Waals surface area contributed by atoms with Crippen LogP contribution in [0.3, 0.4) is 0 Å². The molecule has 0 saturated carbocycles. The SMILES string of the molecule is COc1cc(NC(=O)c2ccc(Oc3nccs3)cc2)cc(OC)c1. The van der Waals surface area contributed by atoms with Crippen LogP contribution in [0.5, 0.6) is 22.4 Å². The number of rotatable bonds is 6. The predicted octanol–water partition coefficient (Wildman–Crippen LogP) is 4.20. The number of benzene rings is 2. The molecule has 1 aromatic heterocycles. The van der Waals surface area contributed by atoms with Gasteiger partial charge in [-0.25, -0.2) is 4.98 Å². The summed E-state index contributed by atoms with van der Waals surface area (Å²) in [5.41, 5.74) is 1.09. The Kier molecular flexibility index (Phi) is 5.15. The van der Waals surface area contributed by atoms with Crippen LogP contribution in [0, 0.1) is 0 Å². The van der Waals surface area contributed by atoms with E-state index in [1.807, 2.05) is 5.38 Å². The van der Waals surface area contributed by atoms with Crippen molar-refractivity contribution in [2.75, 3.05) is 19.5 Å². The van der Waals surface area contributed by atoms with Crippen molar-refractivity contribution in [2.24, 2.45) is 0 Å². The van der Waals surface area contributed by atoms with Gasteiger partial charge in [-0.05, 0) is 24.3 Å². The maximum atomic E-state index is 12.4. The van der Waals surface area contributed by atoms with Crippen molar-refractivity contribution in [3.63, 3.8) is 0 Å². The molecule has 7 heteroatoms. The highest BCUT2D eigenvalue weighted by molar-refractivity contribution is 7.11. The Morgan fingerprint density at radius 1 is 1.00 bits per heavy atom. The number of aromatic nitrogens is 1. The van der Waals surface area contributed by atoms with Crippen LogP contribution in [0.4, 0.5) is 5.69 Å². The van der Waals surface area contributed by atoms with E-state index in [9.17, 15) is 4.79 Å². The van der Waals surface area contributed by atoms with E-state index in [4.69, 9.17) is 14.2 Å². The second kappa shape index (κ2) is 7.67. The highest BCUT2D eigenvalue weighted by atomic mass is 32.1. The maximum Gasteiger partial charge on any atom is 0.278 e. The first-order valence-corrected chi connectivity index (χ1v) is 8.28. The van der Waals surface area contributed by atoms with Crippen LogP contribution < -0.4 is 19.5 Å². The fourth-order valence-electron chi connectivity index (χ4n) is 2.12. The van der Waals surface area contributed by atoms with E-state index in [0.29, 0.717) is 33.7 Å². The summed E-state index contributed by atoms with van der Waals surface area (Å²) < 4.78 is 16.0. The summed E-state index contributed by atoms with van der Waals surface area (Å²) in [4.78, 5) is 16.4. The average molecular weight is 356 g/mol. The zero-order valence-electron chi connectivity index (χ0n) is 13.7. The van der Waals surface area contributed by atoms with E-state index >= 15 is 0 Å². The summed E-state index contributed by atoms with van der Waals surface area (Å²) in [6.45, 7) is 0. The second-order valence-corrected chi connectivity index (χ2v) is 5.84. The first kappa shape index (κ1) is 16.8. The van der Waals surface area contributed by atoms with Crippen LogP contribution in [-0.4, -0.2) is 25.1 Å². The topological polar surface area (TPSA) is 69.7 Å². The van der Waals surface area contributed by atoms with E-state index in [-0.39, 0.29) is 5.91 Å². The van der Waals surface area contributed by atoms with E-state index < -0.39 is 0 Å². The van der Waals surface area contributed by atoms with Crippen molar-refractivity contribution in [3.8, 4) is 22.4 Å². The first-order valence-electron chi connectivity index (χ1n) is 7.40. The van der Waals surface area contributed by atoms with Gasteiger partial charge in [0.15, 0.2) is 0 Å². The average Bonchev–Trinajstić information content (AvgIpc) is 3.15. The number of hydrogen-bond acceptors (Lipinski definition) is 6. The number of amides is 1. The molecule has 1 amide bonds. The van der Waals surface area contributed by atoms with E-state index in [1.54, 1.807) is 62.9 Å². The van der Waals surface area contributed by atoms with Crippen molar-refractivity contribution in [1.29, 1.82) is 0 Å². The number of methoxy groups -OCH3 is 2. The predicted molar refractivity (Wildman–Crippen MR) is 96.1 cm³/mol. The molecule has 2 aromatic carbocycles. The van der Waals surface area contributed by atoms with E-state index in [1.165, 1.54) is 11.3 Å². The Morgan fingerprint density at radius 3 is 2.24 bits per heavy atom. The van der Waals surface area contributed by atoms with Crippen molar-refractivity contribution in [3.05, 3.63) is 59.6 Å². The van der Waals surface area contributed by atoms with E-state index in [2.05, 4.69) is 10.3 Å². The number of ether oxygens (including phenoxy) is 3. The Morgan fingerprint density at radius 2 is 1.68 bits per heavy atom. The molecule has 0 saturated heterocycles. The highest BCUT2D eigenvalue weighted by Crippen LogP contribution is 2.27. The Bertz CT molecular complexity index is 826. The molecule has 0 aliphatic carbocycles. The molecule has 1 N–H and O–H groups in total. The van der Waals surface area contributed by atoms with Gasteiger partial charge >= 0.3 is 0 Å². The van der Waals surface area contributed by atoms with Gasteiger partial charge in [-0.15, -0.1) is 0 Å². The van der Waals surface area contributed by atoms with Crippen LogP contribution >= 0.6 is 11.3 Å². The van der Waals surface area contributed by atoms with Gasteiger partial charge < -0.3 is 19.5 Å². The number of nitrogens with zero attached hydrogens (tertiary/aromatic N) is 1. The molecule has 0 atom stereocenters. The lowest BCUT2D eigenvalue weighted by molar-refractivity contribution is 0.102. The van der Waals surface area contributed by atoms with E-state index in [0.717, 1.165) is 0 Å². The third kappa shape index (κ3) is 4.27. The number of anilines is 1. The number of nitrogens with one attached hydrogen (secondary N) is 1. The summed E-state index contributed by atoms with van der Waals surface area (Å²) in [6, 6.07) is 12.0. The lowest BCUT2D eigenvalue weighted by Crippen LogP contribution is -2.11. The Labute approximate surface area is 149 Å². The summed E-state index contributed by atoms with van der Waals surface area (Å²) in [6.07, 6.45) is 1.67. The zero-order chi connectivity index (χ0) is 17.6. The van der Waals surface area contributed by atoms with Crippen molar-refractivity contribution >= 4 is 22.9 Å². The summed E-state index contributed by atoms with van der Waals surface area (Å²) in [5, 5.41) is 5.21. The van der Waals surface area contributed by atoms with Crippen LogP contribution in [0.15, 0.2) is 54.0 Å². The third-order valence-electron chi connectivity index (χ3n) is 3.34. The van der Waals surface area contributed by atoms with Gasteiger partial charge in [0.05, 0.1) is 14.2 Å². The Balaban J connectivity index is 1.71. The van der Waals surface area contributed by atoms with Gasteiger partial charge in [-0.1, -0.05) is 11.3 Å². The van der Waals surface area contributed by atoms with Crippen molar-refractivity contribution in [1.82, 2.24) is 4.98 Å². The molecule has 0 aliphatic rings. The molecule has 0 unspecified atom stereocenters. The Hall–Kier alpha value is -3.06. The van der Waals surface area contributed by atoms with Crippen molar-refractivity contribution < 1.29 is 19.0 Å². The normalized spacial score (nSPS) is 10.2. The maximum absolute atomic E-state index is 12.4. The molecule has 1 heterocycles. The molecular weight excluding hydrogens is 340 g/mol. The fraction of sp³-hybridized carbons (Fsp3) is 0.111. The number of carbonyl (C=O) groups excluding carboxylic acids is 1. The molecule has 25 heavy (non-hydrogen) atoms. The lowest BCUT2D eigenvalue weighted by atomic mass is 10.2. The van der Waals surface area contributed by atoms with Gasteiger partial charge in [0.1, 0.15) is 17.2 Å². The van der Waals surface area contributed by atoms with Crippen molar-refractivity contribution in [2.45, 2.75) is 0 Å². The lowest BCUT2D eigenvalue weighted by Gasteiger charge is -2.10. The summed E-state index contributed by atoms with van der Waals surface area (Å²) in [7, 11) is 3.11. The van der Waals surface area contributed by atoms with Crippen LogP contribution in [0.2, 0.25) is 0 Å². The van der Waals surface area contributed by atoms with Crippen LogP contribution in [-0.2, 0) is 0 Å². The molecule has 0 bridgehead atoms. The zero-order valence-corrected chi connectivity index (χ0v) is 14.5. The summed E-state index contributed by atoms with van der Waals surface area (Å²) >= 11 is 1.40. The molecule has 6 nitrogen and oxygen atoms in total. The molecule has 128 valence electrons. The molecule has 0 fully saturated rings. The smallest absolute Gasteiger partial charge is 0.278 e. The number of carbonyl (C=O) groups is 1. The molecule has 0 aliphatic heterocycles. The minimum atomic E-state index is -0.240. The van der Waals surface area contributed by atoms with Gasteiger partial charge in [-0.3, -0.25) is 4.79 Å². The highest BCUT2D eigenvalue weighted by Gasteiger charge is 2.09. The number of thiazole rings is 1. The third-order valence-corrected chi connectivity index (χ3v) is 3.99. The summed E-state index contributed by atoms with van der Waals surface area (Å²) in [5.74, 6) is 1.58. The number of hydrogen-bond donors (Lipinski definition) is 1. The largest absolute Gasteiger partial charge is 0.497 e. The monoisotopic (exact) mass is 356 g/mol. The fourth-order valence-corrected chi connectivity index (χ4v) is 2.62. The first-order chi connectivity index (χ1) is 12.2.